The van der Waals surface area contributed by atoms with Crippen molar-refractivity contribution in [3.63, 3.8) is 0 Å². The molecule has 1 amide bonds. The number of carbonyl (C=O) groups excluding carboxylic acids is 1. The van der Waals surface area contributed by atoms with Crippen molar-refractivity contribution in [1.82, 2.24) is 0 Å². The second kappa shape index (κ2) is 4.29. The van der Waals surface area contributed by atoms with Gasteiger partial charge in [-0.15, -0.1) is 0 Å². The highest BCUT2D eigenvalue weighted by molar-refractivity contribution is 5.95. The van der Waals surface area contributed by atoms with E-state index in [9.17, 15) is 9.18 Å². The Bertz CT molecular complexity index is 388. The lowest BCUT2D eigenvalue weighted by Crippen LogP contribution is -2.16. The fraction of sp³-hybridized carbons (Fsp3) is 0.364. The average Bonchev–Trinajstić information content (AvgIpc) is 2.09. The molecular formula is C11H14FNO2. The van der Waals surface area contributed by atoms with Crippen molar-refractivity contribution in [3.05, 3.63) is 29.1 Å². The zero-order chi connectivity index (χ0) is 11.6. The number of amides is 1. The number of hydrogen-bond donors (Lipinski definition) is 1. The Kier molecular flexibility index (Phi) is 3.29. The van der Waals surface area contributed by atoms with Gasteiger partial charge in [0.15, 0.2) is 0 Å². The topological polar surface area (TPSA) is 52.3 Å². The van der Waals surface area contributed by atoms with Crippen LogP contribution in [0.2, 0.25) is 0 Å². The Morgan fingerprint density at radius 1 is 1.47 bits per heavy atom. The number of primary amides is 1. The summed E-state index contributed by atoms with van der Waals surface area (Å²) in [7, 11) is 0. The molecule has 0 saturated carbocycles. The lowest BCUT2D eigenvalue weighted by molar-refractivity contribution is 0.0994. The molecule has 1 aromatic rings. The third-order valence-electron chi connectivity index (χ3n) is 1.89. The largest absolute Gasteiger partial charge is 0.490 e. The van der Waals surface area contributed by atoms with Gasteiger partial charge in [0.05, 0.1) is 11.7 Å². The van der Waals surface area contributed by atoms with Crippen molar-refractivity contribution in [3.8, 4) is 5.75 Å². The Balaban J connectivity index is 3.22. The van der Waals surface area contributed by atoms with Crippen LogP contribution in [0.4, 0.5) is 4.39 Å². The fourth-order valence-electron chi connectivity index (χ4n) is 1.20. The van der Waals surface area contributed by atoms with Gasteiger partial charge in [0.25, 0.3) is 5.91 Å². The maximum absolute atomic E-state index is 13.2. The van der Waals surface area contributed by atoms with E-state index in [1.807, 2.05) is 13.8 Å². The van der Waals surface area contributed by atoms with Crippen molar-refractivity contribution in [2.75, 3.05) is 0 Å². The molecule has 0 atom stereocenters. The van der Waals surface area contributed by atoms with E-state index in [1.54, 1.807) is 6.92 Å². The summed E-state index contributed by atoms with van der Waals surface area (Å²) in [5, 5.41) is 0. The number of ether oxygens (including phenoxy) is 1. The predicted octanol–water partition coefficient (Wildman–Crippen LogP) is 2.02. The summed E-state index contributed by atoms with van der Waals surface area (Å²) in [6.45, 7) is 5.25. The average molecular weight is 211 g/mol. The molecule has 0 saturated heterocycles. The van der Waals surface area contributed by atoms with Crippen LogP contribution in [-0.4, -0.2) is 12.0 Å². The van der Waals surface area contributed by atoms with Crippen LogP contribution in [0.5, 0.6) is 5.75 Å². The molecule has 3 nitrogen and oxygen atoms in total. The Morgan fingerprint density at radius 2 is 2.07 bits per heavy atom. The Morgan fingerprint density at radius 3 is 2.53 bits per heavy atom. The fourth-order valence-corrected chi connectivity index (χ4v) is 1.20. The van der Waals surface area contributed by atoms with E-state index < -0.39 is 11.7 Å². The molecular weight excluding hydrogens is 197 g/mol. The molecule has 0 radical (unpaired) electrons. The van der Waals surface area contributed by atoms with E-state index in [4.69, 9.17) is 10.5 Å². The SMILES string of the molecule is Cc1cc(OC(C)C)c(C(N)=O)cc1F. The van der Waals surface area contributed by atoms with E-state index in [0.717, 1.165) is 6.07 Å². The van der Waals surface area contributed by atoms with Gasteiger partial charge in [-0.3, -0.25) is 4.79 Å². The van der Waals surface area contributed by atoms with E-state index >= 15 is 0 Å². The normalized spacial score (nSPS) is 10.5. The first-order valence-electron chi connectivity index (χ1n) is 4.68. The second-order valence-electron chi connectivity index (χ2n) is 3.63. The molecule has 0 aliphatic carbocycles. The van der Waals surface area contributed by atoms with Crippen molar-refractivity contribution in [1.29, 1.82) is 0 Å². The molecule has 0 aliphatic rings. The van der Waals surface area contributed by atoms with Gasteiger partial charge >= 0.3 is 0 Å². The molecule has 1 rings (SSSR count). The van der Waals surface area contributed by atoms with Gasteiger partial charge in [0.1, 0.15) is 11.6 Å². The number of benzene rings is 1. The van der Waals surface area contributed by atoms with Gasteiger partial charge in [-0.25, -0.2) is 4.39 Å². The van der Waals surface area contributed by atoms with Crippen LogP contribution in [0.25, 0.3) is 0 Å². The number of nitrogens with two attached hydrogens (primary N) is 1. The number of halogens is 1. The first-order valence-corrected chi connectivity index (χ1v) is 4.68. The highest BCUT2D eigenvalue weighted by atomic mass is 19.1. The molecule has 0 heterocycles. The van der Waals surface area contributed by atoms with Gasteiger partial charge < -0.3 is 10.5 Å². The molecule has 1 aromatic carbocycles. The van der Waals surface area contributed by atoms with E-state index in [2.05, 4.69) is 0 Å². The molecule has 82 valence electrons. The van der Waals surface area contributed by atoms with Crippen LogP contribution in [-0.2, 0) is 0 Å². The van der Waals surface area contributed by atoms with E-state index in [-0.39, 0.29) is 11.7 Å². The van der Waals surface area contributed by atoms with Crippen LogP contribution in [0.3, 0.4) is 0 Å². The van der Waals surface area contributed by atoms with Crippen molar-refractivity contribution in [2.24, 2.45) is 5.73 Å². The number of aryl methyl sites for hydroxylation is 1. The minimum atomic E-state index is -0.690. The predicted molar refractivity (Wildman–Crippen MR) is 55.4 cm³/mol. The number of rotatable bonds is 3. The molecule has 0 aromatic heterocycles. The molecule has 0 bridgehead atoms. The Hall–Kier alpha value is -1.58. The summed E-state index contributed by atoms with van der Waals surface area (Å²) in [6, 6.07) is 2.59. The summed E-state index contributed by atoms with van der Waals surface area (Å²) in [6.07, 6.45) is -0.0899. The first-order chi connectivity index (χ1) is 6.91. The van der Waals surface area contributed by atoms with Gasteiger partial charge in [0, 0.05) is 0 Å². The maximum Gasteiger partial charge on any atom is 0.252 e. The number of carbonyl (C=O) groups is 1. The maximum atomic E-state index is 13.2. The molecule has 2 N–H and O–H groups in total. The Labute approximate surface area is 88.0 Å². The van der Waals surface area contributed by atoms with Crippen molar-refractivity contribution < 1.29 is 13.9 Å². The molecule has 15 heavy (non-hydrogen) atoms. The third kappa shape index (κ3) is 2.68. The standard InChI is InChI=1S/C11H14FNO2/c1-6(2)15-10-4-7(3)9(12)5-8(10)11(13)14/h4-6H,1-3H3,(H2,13,14). The zero-order valence-corrected chi connectivity index (χ0v) is 9.00. The van der Waals surface area contributed by atoms with Crippen LogP contribution < -0.4 is 10.5 Å². The van der Waals surface area contributed by atoms with E-state index in [0.29, 0.717) is 11.3 Å². The number of hydrogen-bond acceptors (Lipinski definition) is 2. The quantitative estimate of drug-likeness (QED) is 0.831. The van der Waals surface area contributed by atoms with Gasteiger partial charge in [-0.05, 0) is 38.5 Å². The van der Waals surface area contributed by atoms with Crippen LogP contribution in [0.1, 0.15) is 29.8 Å². The van der Waals surface area contributed by atoms with Crippen LogP contribution in [0.15, 0.2) is 12.1 Å². The minimum absolute atomic E-state index is 0.0757. The first kappa shape index (κ1) is 11.5. The van der Waals surface area contributed by atoms with Crippen LogP contribution in [0, 0.1) is 12.7 Å². The van der Waals surface area contributed by atoms with Crippen molar-refractivity contribution >= 4 is 5.91 Å². The van der Waals surface area contributed by atoms with Gasteiger partial charge in [-0.2, -0.15) is 0 Å². The third-order valence-corrected chi connectivity index (χ3v) is 1.89. The summed E-state index contributed by atoms with van der Waals surface area (Å²) < 4.78 is 18.6. The van der Waals surface area contributed by atoms with Gasteiger partial charge in [-0.1, -0.05) is 0 Å². The summed E-state index contributed by atoms with van der Waals surface area (Å²) in [4.78, 5) is 11.0. The summed E-state index contributed by atoms with van der Waals surface area (Å²) in [5.41, 5.74) is 5.63. The lowest BCUT2D eigenvalue weighted by atomic mass is 10.1. The summed E-state index contributed by atoms with van der Waals surface area (Å²) >= 11 is 0. The minimum Gasteiger partial charge on any atom is -0.490 e. The zero-order valence-electron chi connectivity index (χ0n) is 9.00. The molecule has 0 fully saturated rings. The monoisotopic (exact) mass is 211 g/mol. The smallest absolute Gasteiger partial charge is 0.252 e. The van der Waals surface area contributed by atoms with E-state index in [1.165, 1.54) is 6.07 Å². The highest BCUT2D eigenvalue weighted by Gasteiger charge is 2.13. The summed E-state index contributed by atoms with van der Waals surface area (Å²) in [5.74, 6) is -0.819. The van der Waals surface area contributed by atoms with Crippen LogP contribution >= 0.6 is 0 Å². The molecule has 0 spiro atoms. The van der Waals surface area contributed by atoms with Gasteiger partial charge in [0.2, 0.25) is 0 Å². The molecule has 0 unspecified atom stereocenters. The lowest BCUT2D eigenvalue weighted by Gasteiger charge is -2.13. The molecule has 4 heteroatoms. The second-order valence-corrected chi connectivity index (χ2v) is 3.63. The van der Waals surface area contributed by atoms with Crippen molar-refractivity contribution in [2.45, 2.75) is 26.9 Å². The molecule has 0 aliphatic heterocycles. The highest BCUT2D eigenvalue weighted by Crippen LogP contribution is 2.23.